The maximum atomic E-state index is 11.5. The van der Waals surface area contributed by atoms with Gasteiger partial charge in [0.15, 0.2) is 5.69 Å². The van der Waals surface area contributed by atoms with Crippen molar-refractivity contribution in [2.45, 2.75) is 30.6 Å². The van der Waals surface area contributed by atoms with Gasteiger partial charge in [-0.25, -0.2) is 9.78 Å². The Morgan fingerprint density at radius 2 is 2.32 bits per heavy atom. The average molecular weight is 281 g/mol. The summed E-state index contributed by atoms with van der Waals surface area (Å²) in [5.41, 5.74) is 6.73. The van der Waals surface area contributed by atoms with Gasteiger partial charge in [0.1, 0.15) is 5.82 Å². The van der Waals surface area contributed by atoms with E-state index in [1.165, 1.54) is 13.5 Å². The molecule has 0 aromatic carbocycles. The highest BCUT2D eigenvalue weighted by Crippen LogP contribution is 2.31. The van der Waals surface area contributed by atoms with E-state index in [1.54, 1.807) is 12.1 Å². The summed E-state index contributed by atoms with van der Waals surface area (Å²) in [7, 11) is 1.34. The smallest absolute Gasteiger partial charge is 0.356 e. The van der Waals surface area contributed by atoms with Crippen LogP contribution < -0.4 is 11.1 Å². The molecule has 1 aliphatic rings. The topological polar surface area (TPSA) is 77.2 Å². The zero-order chi connectivity index (χ0) is 13.8. The third-order valence-electron chi connectivity index (χ3n) is 3.38. The Hall–Kier alpha value is -1.43. The van der Waals surface area contributed by atoms with Crippen LogP contribution in [0.5, 0.6) is 0 Å². The summed E-state index contributed by atoms with van der Waals surface area (Å²) in [6.45, 7) is 0. The number of thioether (sulfide) groups is 1. The molecule has 0 saturated heterocycles. The second-order valence-corrected chi connectivity index (χ2v) is 5.78. The fraction of sp³-hybridized carbons (Fsp3) is 0.538. The van der Waals surface area contributed by atoms with E-state index in [0.29, 0.717) is 22.8 Å². The maximum Gasteiger partial charge on any atom is 0.356 e. The molecule has 1 aromatic heterocycles. The third kappa shape index (κ3) is 3.32. The molecule has 1 fully saturated rings. The number of carbonyl (C=O) groups is 1. The van der Waals surface area contributed by atoms with Crippen LogP contribution in [0.3, 0.4) is 0 Å². The quantitative estimate of drug-likeness (QED) is 0.823. The van der Waals surface area contributed by atoms with E-state index in [4.69, 9.17) is 5.73 Å². The van der Waals surface area contributed by atoms with Gasteiger partial charge in [0, 0.05) is 11.3 Å². The zero-order valence-electron chi connectivity index (χ0n) is 11.2. The molecule has 1 heterocycles. The first-order valence-corrected chi connectivity index (χ1v) is 7.57. The summed E-state index contributed by atoms with van der Waals surface area (Å²) in [5, 5.41) is 4.03. The average Bonchev–Trinajstić information content (AvgIpc) is 2.88. The number of nitrogens with two attached hydrogens (primary N) is 1. The van der Waals surface area contributed by atoms with Crippen molar-refractivity contribution in [2.75, 3.05) is 24.4 Å². The molecule has 0 spiro atoms. The summed E-state index contributed by atoms with van der Waals surface area (Å²) in [6, 6.07) is 3.63. The summed E-state index contributed by atoms with van der Waals surface area (Å²) in [4.78, 5) is 15.7. The molecule has 1 aromatic rings. The number of anilines is 2. The molecule has 0 amide bonds. The Bertz CT molecular complexity index is 467. The molecule has 2 atom stereocenters. The van der Waals surface area contributed by atoms with Crippen molar-refractivity contribution in [2.24, 2.45) is 0 Å². The van der Waals surface area contributed by atoms with E-state index in [2.05, 4.69) is 21.3 Å². The molecule has 3 N–H and O–H groups in total. The summed E-state index contributed by atoms with van der Waals surface area (Å²) in [5.74, 6) is 0.131. The minimum atomic E-state index is -0.448. The second kappa shape index (κ2) is 6.14. The number of hydrogen-bond acceptors (Lipinski definition) is 6. The van der Waals surface area contributed by atoms with Gasteiger partial charge < -0.3 is 15.8 Å². The van der Waals surface area contributed by atoms with E-state index in [0.717, 1.165) is 12.8 Å². The van der Waals surface area contributed by atoms with Gasteiger partial charge in [-0.05, 0) is 37.7 Å². The molecule has 0 aliphatic heterocycles. The normalized spacial score (nSPS) is 22.2. The van der Waals surface area contributed by atoms with Crippen molar-refractivity contribution < 1.29 is 9.53 Å². The fourth-order valence-corrected chi connectivity index (χ4v) is 3.08. The molecule has 2 rings (SSSR count). The number of hydrogen-bond donors (Lipinski definition) is 2. The Morgan fingerprint density at radius 3 is 2.95 bits per heavy atom. The number of aromatic nitrogens is 1. The molecule has 0 bridgehead atoms. The van der Waals surface area contributed by atoms with Crippen molar-refractivity contribution in [3.63, 3.8) is 0 Å². The predicted molar refractivity (Wildman–Crippen MR) is 78.6 cm³/mol. The summed E-state index contributed by atoms with van der Waals surface area (Å²) < 4.78 is 4.66. The van der Waals surface area contributed by atoms with Crippen molar-refractivity contribution in [1.82, 2.24) is 4.98 Å². The van der Waals surface area contributed by atoms with Gasteiger partial charge in [-0.3, -0.25) is 0 Å². The minimum Gasteiger partial charge on any atom is -0.464 e. The van der Waals surface area contributed by atoms with Crippen LogP contribution in [0.4, 0.5) is 11.5 Å². The first kappa shape index (κ1) is 14.0. The number of ether oxygens (including phenoxy) is 1. The highest BCUT2D eigenvalue weighted by atomic mass is 32.2. The lowest BCUT2D eigenvalue weighted by Crippen LogP contribution is -2.19. The molecule has 1 saturated carbocycles. The monoisotopic (exact) mass is 281 g/mol. The van der Waals surface area contributed by atoms with Crippen molar-refractivity contribution in [3.8, 4) is 0 Å². The van der Waals surface area contributed by atoms with E-state index < -0.39 is 5.97 Å². The number of carbonyl (C=O) groups excluding carboxylic acids is 1. The molecule has 104 valence electrons. The van der Waals surface area contributed by atoms with Crippen LogP contribution in [0.2, 0.25) is 0 Å². The van der Waals surface area contributed by atoms with Crippen LogP contribution in [0, 0.1) is 0 Å². The lowest BCUT2D eigenvalue weighted by atomic mass is 10.2. The highest BCUT2D eigenvalue weighted by Gasteiger charge is 2.24. The Labute approximate surface area is 117 Å². The van der Waals surface area contributed by atoms with E-state index >= 15 is 0 Å². The van der Waals surface area contributed by atoms with Crippen LogP contribution >= 0.6 is 11.8 Å². The SMILES string of the molecule is COC(=O)c1ccc(N)c(NC2CCC(SC)C2)n1. The van der Waals surface area contributed by atoms with Gasteiger partial charge in [0.05, 0.1) is 12.8 Å². The van der Waals surface area contributed by atoms with Gasteiger partial charge in [0.25, 0.3) is 0 Å². The third-order valence-corrected chi connectivity index (χ3v) is 4.47. The first-order valence-electron chi connectivity index (χ1n) is 6.28. The lowest BCUT2D eigenvalue weighted by Gasteiger charge is -2.15. The van der Waals surface area contributed by atoms with Crippen LogP contribution in [0.25, 0.3) is 0 Å². The van der Waals surface area contributed by atoms with Crippen LogP contribution in [-0.2, 0) is 4.74 Å². The van der Waals surface area contributed by atoms with E-state index in [1.807, 2.05) is 11.8 Å². The molecule has 6 heteroatoms. The van der Waals surface area contributed by atoms with Crippen molar-refractivity contribution in [3.05, 3.63) is 17.8 Å². The largest absolute Gasteiger partial charge is 0.464 e. The van der Waals surface area contributed by atoms with Crippen LogP contribution in [-0.4, -0.2) is 35.6 Å². The Kier molecular flexibility index (Phi) is 4.52. The first-order chi connectivity index (χ1) is 9.13. The number of methoxy groups -OCH3 is 1. The fourth-order valence-electron chi connectivity index (χ4n) is 2.28. The second-order valence-electron chi connectivity index (χ2n) is 4.64. The van der Waals surface area contributed by atoms with Gasteiger partial charge >= 0.3 is 5.97 Å². The molecule has 5 nitrogen and oxygen atoms in total. The minimum absolute atomic E-state index is 0.276. The molecule has 2 unspecified atom stereocenters. The number of nitrogens with one attached hydrogen (secondary N) is 1. The maximum absolute atomic E-state index is 11.5. The predicted octanol–water partition coefficient (Wildman–Crippen LogP) is 2.15. The summed E-state index contributed by atoms with van der Waals surface area (Å²) >= 11 is 1.90. The zero-order valence-corrected chi connectivity index (χ0v) is 12.0. The molecule has 1 aliphatic carbocycles. The van der Waals surface area contributed by atoms with Crippen molar-refractivity contribution in [1.29, 1.82) is 0 Å². The van der Waals surface area contributed by atoms with Gasteiger partial charge in [0.2, 0.25) is 0 Å². The van der Waals surface area contributed by atoms with Crippen LogP contribution in [0.15, 0.2) is 12.1 Å². The number of nitrogen functional groups attached to an aromatic ring is 1. The number of rotatable bonds is 4. The lowest BCUT2D eigenvalue weighted by molar-refractivity contribution is 0.0594. The molecule has 19 heavy (non-hydrogen) atoms. The van der Waals surface area contributed by atoms with E-state index in [-0.39, 0.29) is 5.69 Å². The molecule has 0 radical (unpaired) electrons. The summed E-state index contributed by atoms with van der Waals surface area (Å²) in [6.07, 6.45) is 5.55. The molecular weight excluding hydrogens is 262 g/mol. The number of esters is 1. The van der Waals surface area contributed by atoms with Crippen molar-refractivity contribution >= 4 is 29.2 Å². The van der Waals surface area contributed by atoms with Crippen LogP contribution in [0.1, 0.15) is 29.8 Å². The van der Waals surface area contributed by atoms with Gasteiger partial charge in [-0.15, -0.1) is 0 Å². The van der Waals surface area contributed by atoms with E-state index in [9.17, 15) is 4.79 Å². The standard InChI is InChI=1S/C13H19N3O2S/c1-18-13(17)11-6-5-10(14)12(16-11)15-8-3-4-9(7-8)19-2/h5-6,8-9H,3-4,7,14H2,1-2H3,(H,15,16). The Balaban J connectivity index is 2.09. The highest BCUT2D eigenvalue weighted by molar-refractivity contribution is 7.99. The van der Waals surface area contributed by atoms with Gasteiger partial charge in [-0.2, -0.15) is 11.8 Å². The van der Waals surface area contributed by atoms with Gasteiger partial charge in [-0.1, -0.05) is 0 Å². The Morgan fingerprint density at radius 1 is 1.53 bits per heavy atom. The number of pyridine rings is 1. The number of nitrogens with zero attached hydrogens (tertiary/aromatic N) is 1. The molecular formula is C13H19N3O2S.